The quantitative estimate of drug-likeness (QED) is 0.638. The van der Waals surface area contributed by atoms with Crippen LogP contribution in [0.25, 0.3) is 0 Å². The molecule has 0 aromatic heterocycles. The first-order chi connectivity index (χ1) is 12.7. The summed E-state index contributed by atoms with van der Waals surface area (Å²) in [6.07, 6.45) is 0.223. The van der Waals surface area contributed by atoms with Gasteiger partial charge in [-0.2, -0.15) is 0 Å². The zero-order chi connectivity index (χ0) is 20.2. The van der Waals surface area contributed by atoms with E-state index in [-0.39, 0.29) is 18.9 Å². The van der Waals surface area contributed by atoms with Crippen LogP contribution in [0, 0.1) is 0 Å². The summed E-state index contributed by atoms with van der Waals surface area (Å²) in [5.41, 5.74) is -0.424. The molecule has 146 valence electrons. The van der Waals surface area contributed by atoms with E-state index in [9.17, 15) is 19.2 Å². The predicted octanol–water partition coefficient (Wildman–Crippen LogP) is -0.247. The molecule has 1 heterocycles. The summed E-state index contributed by atoms with van der Waals surface area (Å²) in [6.45, 7) is 1.02. The Balaban J connectivity index is 2.11. The molecule has 5 amide bonds. The summed E-state index contributed by atoms with van der Waals surface area (Å²) in [5.74, 6) is -0.742. The number of urea groups is 1. The van der Waals surface area contributed by atoms with Crippen molar-refractivity contribution in [3.8, 4) is 5.75 Å². The first kappa shape index (κ1) is 20.2. The number of nitrogens with zero attached hydrogens (tertiary/aromatic N) is 2. The minimum atomic E-state index is -1.19. The first-order valence-corrected chi connectivity index (χ1v) is 8.42. The summed E-state index contributed by atoms with van der Waals surface area (Å²) < 4.78 is 5.30. The normalized spacial score (nSPS) is 18.9. The second-order valence-electron chi connectivity index (χ2n) is 6.57. The highest BCUT2D eigenvalue weighted by Gasteiger charge is 2.48. The van der Waals surface area contributed by atoms with Crippen LogP contribution < -0.4 is 15.4 Å². The third-order valence-corrected chi connectivity index (χ3v) is 4.46. The van der Waals surface area contributed by atoms with E-state index in [1.54, 1.807) is 13.0 Å². The molecule has 1 fully saturated rings. The summed E-state index contributed by atoms with van der Waals surface area (Å²) in [4.78, 5) is 50.8. The third-order valence-electron chi connectivity index (χ3n) is 4.46. The van der Waals surface area contributed by atoms with Gasteiger partial charge >= 0.3 is 6.03 Å². The van der Waals surface area contributed by atoms with E-state index in [4.69, 9.17) is 4.74 Å². The minimum Gasteiger partial charge on any atom is -0.496 e. The van der Waals surface area contributed by atoms with Crippen LogP contribution in [0.15, 0.2) is 24.3 Å². The molecule has 2 N–H and O–H groups in total. The zero-order valence-corrected chi connectivity index (χ0v) is 15.9. The average Bonchev–Trinajstić information content (AvgIpc) is 2.84. The Morgan fingerprint density at radius 1 is 1.30 bits per heavy atom. The Morgan fingerprint density at radius 3 is 2.59 bits per heavy atom. The largest absolute Gasteiger partial charge is 0.496 e. The highest BCUT2D eigenvalue weighted by atomic mass is 16.5. The summed E-state index contributed by atoms with van der Waals surface area (Å²) in [6, 6.07) is 6.58. The van der Waals surface area contributed by atoms with Gasteiger partial charge in [-0.1, -0.05) is 18.2 Å². The fourth-order valence-electron chi connectivity index (χ4n) is 2.88. The Hall–Kier alpha value is -3.10. The van der Waals surface area contributed by atoms with Gasteiger partial charge in [-0.15, -0.1) is 0 Å². The summed E-state index contributed by atoms with van der Waals surface area (Å²) in [5, 5.41) is 5.07. The van der Waals surface area contributed by atoms with Crippen molar-refractivity contribution in [3.05, 3.63) is 29.8 Å². The molecule has 0 aliphatic carbocycles. The fourth-order valence-corrected chi connectivity index (χ4v) is 2.88. The van der Waals surface area contributed by atoms with Gasteiger partial charge in [-0.05, 0) is 18.6 Å². The number of nitrogens with one attached hydrogen (secondary N) is 2. The lowest BCUT2D eigenvalue weighted by molar-refractivity contribution is -0.139. The number of likely N-dealkylation sites (N-methyl/N-ethyl adjacent to an activating group) is 2. The van der Waals surface area contributed by atoms with Gasteiger partial charge in [0, 0.05) is 20.5 Å². The van der Waals surface area contributed by atoms with Crippen LogP contribution in [0.4, 0.5) is 4.79 Å². The van der Waals surface area contributed by atoms with Crippen LogP contribution in [-0.4, -0.2) is 73.4 Å². The Bertz CT molecular complexity index is 766. The molecule has 0 bridgehead atoms. The Morgan fingerprint density at radius 2 is 1.96 bits per heavy atom. The van der Waals surface area contributed by atoms with Crippen LogP contribution in [0.2, 0.25) is 0 Å². The van der Waals surface area contributed by atoms with E-state index in [1.165, 1.54) is 21.2 Å². The molecule has 0 saturated carbocycles. The van der Waals surface area contributed by atoms with Crippen LogP contribution in [-0.2, 0) is 20.8 Å². The van der Waals surface area contributed by atoms with E-state index < -0.39 is 29.9 Å². The number of rotatable bonds is 7. The van der Waals surface area contributed by atoms with E-state index >= 15 is 0 Å². The van der Waals surface area contributed by atoms with Crippen LogP contribution in [0.5, 0.6) is 5.75 Å². The van der Waals surface area contributed by atoms with E-state index in [0.717, 1.165) is 15.4 Å². The van der Waals surface area contributed by atoms with E-state index in [2.05, 4.69) is 10.6 Å². The Kier molecular flexibility index (Phi) is 6.04. The van der Waals surface area contributed by atoms with Crippen molar-refractivity contribution in [1.82, 2.24) is 20.4 Å². The van der Waals surface area contributed by atoms with Gasteiger partial charge < -0.3 is 20.3 Å². The first-order valence-electron chi connectivity index (χ1n) is 8.42. The standard InChI is InChI=1S/C18H24N4O5/c1-18(9-12-7-5-6-8-13(12)27-4)16(25)22(17(26)20-18)11-15(24)21(3)10-14(23)19-2/h5-8H,9-11H2,1-4H3,(H,19,23)(H,20,26)/t18-/m1/s1. The number of carbonyl (C=O) groups excluding carboxylic acids is 4. The van der Waals surface area contributed by atoms with Crippen molar-refractivity contribution in [2.45, 2.75) is 18.9 Å². The number of ether oxygens (including phenoxy) is 1. The molecule has 27 heavy (non-hydrogen) atoms. The topological polar surface area (TPSA) is 108 Å². The maximum Gasteiger partial charge on any atom is 0.325 e. The van der Waals surface area contributed by atoms with Gasteiger partial charge in [0.15, 0.2) is 0 Å². The SMILES string of the molecule is CNC(=O)CN(C)C(=O)CN1C(=O)N[C@](C)(Cc2ccccc2OC)C1=O. The van der Waals surface area contributed by atoms with Crippen molar-refractivity contribution in [2.75, 3.05) is 34.3 Å². The van der Waals surface area contributed by atoms with Crippen LogP contribution in [0.1, 0.15) is 12.5 Å². The average molecular weight is 376 g/mol. The highest BCUT2D eigenvalue weighted by Crippen LogP contribution is 2.27. The van der Waals surface area contributed by atoms with Gasteiger partial charge in [-0.3, -0.25) is 19.3 Å². The molecule has 9 heteroatoms. The van der Waals surface area contributed by atoms with Crippen molar-refractivity contribution in [1.29, 1.82) is 0 Å². The number of hydrogen-bond acceptors (Lipinski definition) is 5. The monoisotopic (exact) mass is 376 g/mol. The van der Waals surface area contributed by atoms with Gasteiger partial charge in [-0.25, -0.2) is 4.79 Å². The lowest BCUT2D eigenvalue weighted by Crippen LogP contribution is -2.47. The van der Waals surface area contributed by atoms with Crippen molar-refractivity contribution >= 4 is 23.8 Å². The molecule has 9 nitrogen and oxygen atoms in total. The number of benzene rings is 1. The molecule has 1 aliphatic heterocycles. The summed E-state index contributed by atoms with van der Waals surface area (Å²) >= 11 is 0. The zero-order valence-electron chi connectivity index (χ0n) is 15.9. The maximum absolute atomic E-state index is 12.8. The van der Waals surface area contributed by atoms with Crippen molar-refractivity contribution in [3.63, 3.8) is 0 Å². The van der Waals surface area contributed by atoms with Gasteiger partial charge in [0.2, 0.25) is 11.8 Å². The van der Waals surface area contributed by atoms with E-state index in [0.29, 0.717) is 5.75 Å². The number of methoxy groups -OCH3 is 1. The van der Waals surface area contributed by atoms with Gasteiger partial charge in [0.1, 0.15) is 17.8 Å². The molecule has 2 rings (SSSR count). The second-order valence-corrected chi connectivity index (χ2v) is 6.57. The number of amides is 5. The lowest BCUT2D eigenvalue weighted by atomic mass is 9.92. The van der Waals surface area contributed by atoms with Crippen molar-refractivity contribution < 1.29 is 23.9 Å². The summed E-state index contributed by atoms with van der Waals surface area (Å²) in [7, 11) is 4.43. The lowest BCUT2D eigenvalue weighted by Gasteiger charge is -2.23. The molecule has 1 aromatic carbocycles. The van der Waals surface area contributed by atoms with Gasteiger partial charge in [0.05, 0.1) is 13.7 Å². The molecule has 1 saturated heterocycles. The van der Waals surface area contributed by atoms with Crippen molar-refractivity contribution in [2.24, 2.45) is 0 Å². The molecule has 0 unspecified atom stereocenters. The van der Waals surface area contributed by atoms with E-state index in [1.807, 2.05) is 18.2 Å². The third kappa shape index (κ3) is 4.36. The fraction of sp³-hybridized carbons (Fsp3) is 0.444. The maximum atomic E-state index is 12.8. The molecule has 0 radical (unpaired) electrons. The number of imide groups is 1. The van der Waals surface area contributed by atoms with Crippen LogP contribution >= 0.6 is 0 Å². The highest BCUT2D eigenvalue weighted by molar-refractivity contribution is 6.09. The number of carbonyl (C=O) groups is 4. The molecule has 0 spiro atoms. The number of hydrogen-bond donors (Lipinski definition) is 2. The smallest absolute Gasteiger partial charge is 0.325 e. The molecule has 1 aliphatic rings. The molecular weight excluding hydrogens is 352 g/mol. The second kappa shape index (κ2) is 8.07. The molecular formula is C18H24N4O5. The molecule has 1 aromatic rings. The van der Waals surface area contributed by atoms with Crippen LogP contribution in [0.3, 0.4) is 0 Å². The predicted molar refractivity (Wildman–Crippen MR) is 97.1 cm³/mol. The molecule has 1 atom stereocenters. The van der Waals surface area contributed by atoms with Gasteiger partial charge in [0.25, 0.3) is 5.91 Å². The minimum absolute atomic E-state index is 0.155. The number of para-hydroxylation sites is 1. The Labute approximate surface area is 157 Å².